The second-order valence-electron chi connectivity index (χ2n) is 6.00. The molecular formula is C20H19N3O4S2. The Bertz CT molecular complexity index is 1090. The molecule has 1 amide bonds. The Morgan fingerprint density at radius 1 is 1.14 bits per heavy atom. The van der Waals surface area contributed by atoms with Gasteiger partial charge >= 0.3 is 5.97 Å². The van der Waals surface area contributed by atoms with E-state index in [1.54, 1.807) is 34.7 Å². The molecule has 29 heavy (non-hydrogen) atoms. The van der Waals surface area contributed by atoms with Crippen LogP contribution in [0.3, 0.4) is 0 Å². The van der Waals surface area contributed by atoms with Crippen LogP contribution < -0.4 is 5.32 Å². The molecule has 1 aromatic carbocycles. The minimum Gasteiger partial charge on any atom is -0.453 e. The smallest absolute Gasteiger partial charge is 0.359 e. The number of carbonyl (C=O) groups excluding carboxylic acids is 3. The predicted octanol–water partition coefficient (Wildman–Crippen LogP) is 3.78. The Balaban J connectivity index is 1.76. The predicted molar refractivity (Wildman–Crippen MR) is 114 cm³/mol. The van der Waals surface area contributed by atoms with Crippen molar-refractivity contribution in [2.45, 2.75) is 17.0 Å². The summed E-state index contributed by atoms with van der Waals surface area (Å²) in [5, 5.41) is 3.36. The Morgan fingerprint density at radius 3 is 2.62 bits per heavy atom. The van der Waals surface area contributed by atoms with Gasteiger partial charge in [0.2, 0.25) is 5.91 Å². The van der Waals surface area contributed by atoms with Crippen molar-refractivity contribution in [3.05, 3.63) is 53.9 Å². The van der Waals surface area contributed by atoms with Crippen LogP contribution in [-0.2, 0) is 9.53 Å². The van der Waals surface area contributed by atoms with Crippen LogP contribution in [0.2, 0.25) is 0 Å². The number of nitrogens with zero attached hydrogens (tertiary/aromatic N) is 2. The maximum atomic E-state index is 12.5. The highest BCUT2D eigenvalue weighted by atomic mass is 32.2. The van der Waals surface area contributed by atoms with Crippen molar-refractivity contribution in [1.82, 2.24) is 9.38 Å². The summed E-state index contributed by atoms with van der Waals surface area (Å²) in [4.78, 5) is 41.6. The van der Waals surface area contributed by atoms with Crippen molar-refractivity contribution < 1.29 is 19.1 Å². The molecule has 7 nitrogen and oxygen atoms in total. The van der Waals surface area contributed by atoms with E-state index in [1.165, 1.54) is 30.4 Å². The molecule has 9 heteroatoms. The number of aromatic nitrogens is 2. The first-order valence-corrected chi connectivity index (χ1v) is 11.1. The molecule has 3 aromatic rings. The van der Waals surface area contributed by atoms with Gasteiger partial charge < -0.3 is 10.1 Å². The van der Waals surface area contributed by atoms with E-state index < -0.39 is 12.6 Å². The van der Waals surface area contributed by atoms with Crippen molar-refractivity contribution in [2.24, 2.45) is 0 Å². The first-order chi connectivity index (χ1) is 13.9. The number of imidazole rings is 1. The largest absolute Gasteiger partial charge is 0.453 e. The third-order valence-electron chi connectivity index (χ3n) is 4.06. The Hall–Kier alpha value is -2.78. The van der Waals surface area contributed by atoms with Crippen molar-refractivity contribution in [2.75, 3.05) is 24.4 Å². The number of carbonyl (C=O) groups is 3. The maximum Gasteiger partial charge on any atom is 0.359 e. The number of rotatable bonds is 7. The molecule has 0 radical (unpaired) electrons. The van der Waals surface area contributed by atoms with Gasteiger partial charge in [0, 0.05) is 23.6 Å². The summed E-state index contributed by atoms with van der Waals surface area (Å²) in [7, 11) is 0. The van der Waals surface area contributed by atoms with Gasteiger partial charge in [-0.15, -0.1) is 11.8 Å². The fourth-order valence-corrected chi connectivity index (χ4v) is 3.83. The van der Waals surface area contributed by atoms with Crippen LogP contribution in [0.25, 0.3) is 5.52 Å². The van der Waals surface area contributed by atoms with E-state index in [0.29, 0.717) is 21.9 Å². The number of benzene rings is 1. The molecule has 0 spiro atoms. The summed E-state index contributed by atoms with van der Waals surface area (Å²) in [5.41, 5.74) is 1.68. The average Bonchev–Trinajstić information content (AvgIpc) is 3.10. The van der Waals surface area contributed by atoms with Gasteiger partial charge in [-0.1, -0.05) is 23.9 Å². The fourth-order valence-electron chi connectivity index (χ4n) is 2.76. The van der Waals surface area contributed by atoms with Gasteiger partial charge in [0.25, 0.3) is 0 Å². The lowest BCUT2D eigenvalue weighted by atomic mass is 10.1. The molecule has 0 fully saturated rings. The number of hydrogen-bond donors (Lipinski definition) is 1. The van der Waals surface area contributed by atoms with E-state index >= 15 is 0 Å². The van der Waals surface area contributed by atoms with Crippen LogP contribution in [-0.4, -0.2) is 46.2 Å². The molecular weight excluding hydrogens is 410 g/mol. The quantitative estimate of drug-likeness (QED) is 0.347. The maximum absolute atomic E-state index is 12.5. The lowest BCUT2D eigenvalue weighted by molar-refractivity contribution is -0.114. The highest BCUT2D eigenvalue weighted by molar-refractivity contribution is 7.98. The molecule has 2 heterocycles. The summed E-state index contributed by atoms with van der Waals surface area (Å²) in [6, 6.07) is 10.4. The van der Waals surface area contributed by atoms with Crippen LogP contribution in [0.4, 0.5) is 5.69 Å². The number of thioether (sulfide) groups is 2. The summed E-state index contributed by atoms with van der Waals surface area (Å²) >= 11 is 2.86. The summed E-state index contributed by atoms with van der Waals surface area (Å²) < 4.78 is 7.02. The zero-order chi connectivity index (χ0) is 21.0. The SMILES string of the molecule is CSc1ccc(C(=O)COC(=O)c2nc(SC)n3ccccc23)cc1NC(C)=O. The second-order valence-corrected chi connectivity index (χ2v) is 7.62. The number of fused-ring (bicyclic) bond motifs is 1. The van der Waals surface area contributed by atoms with E-state index in [-0.39, 0.29) is 17.4 Å². The number of Topliss-reactive ketones (excluding diaryl/α,β-unsaturated/α-hetero) is 1. The Morgan fingerprint density at radius 2 is 1.93 bits per heavy atom. The molecule has 150 valence electrons. The van der Waals surface area contributed by atoms with Gasteiger partial charge in [0.05, 0.1) is 11.2 Å². The van der Waals surface area contributed by atoms with Crippen molar-refractivity contribution in [1.29, 1.82) is 0 Å². The lowest BCUT2D eigenvalue weighted by Gasteiger charge is -2.10. The van der Waals surface area contributed by atoms with Crippen LogP contribution in [0.15, 0.2) is 52.6 Å². The number of pyridine rings is 1. The summed E-state index contributed by atoms with van der Waals surface area (Å²) in [6.07, 6.45) is 5.56. The van der Waals surface area contributed by atoms with Gasteiger partial charge in [-0.25, -0.2) is 9.78 Å². The van der Waals surface area contributed by atoms with Crippen LogP contribution in [0.1, 0.15) is 27.8 Å². The Labute approximate surface area is 176 Å². The first-order valence-electron chi connectivity index (χ1n) is 8.61. The molecule has 0 unspecified atom stereocenters. The number of esters is 1. The molecule has 1 N–H and O–H groups in total. The average molecular weight is 430 g/mol. The topological polar surface area (TPSA) is 89.8 Å². The third-order valence-corrected chi connectivity index (χ3v) is 5.51. The zero-order valence-corrected chi connectivity index (χ0v) is 17.7. The van der Waals surface area contributed by atoms with Gasteiger partial charge in [0.15, 0.2) is 23.2 Å². The highest BCUT2D eigenvalue weighted by Gasteiger charge is 2.20. The van der Waals surface area contributed by atoms with Crippen molar-refractivity contribution in [3.8, 4) is 0 Å². The van der Waals surface area contributed by atoms with E-state index in [1.807, 2.05) is 24.8 Å². The van der Waals surface area contributed by atoms with Crippen LogP contribution in [0, 0.1) is 0 Å². The molecule has 0 bridgehead atoms. The number of ketones is 1. The van der Waals surface area contributed by atoms with Gasteiger partial charge in [-0.3, -0.25) is 14.0 Å². The molecule has 0 aliphatic heterocycles. The van der Waals surface area contributed by atoms with Crippen LogP contribution in [0.5, 0.6) is 0 Å². The van der Waals surface area contributed by atoms with Crippen LogP contribution >= 0.6 is 23.5 Å². The second kappa shape index (κ2) is 9.15. The summed E-state index contributed by atoms with van der Waals surface area (Å²) in [6.45, 7) is 0.982. The number of ether oxygens (including phenoxy) is 1. The van der Waals surface area contributed by atoms with E-state index in [4.69, 9.17) is 4.74 Å². The monoisotopic (exact) mass is 429 g/mol. The molecule has 0 aliphatic rings. The molecule has 0 saturated heterocycles. The van der Waals surface area contributed by atoms with E-state index in [9.17, 15) is 14.4 Å². The van der Waals surface area contributed by atoms with Crippen molar-refractivity contribution >= 4 is 52.4 Å². The molecule has 0 saturated carbocycles. The van der Waals surface area contributed by atoms with Gasteiger partial charge in [-0.2, -0.15) is 0 Å². The number of anilines is 1. The number of amides is 1. The normalized spacial score (nSPS) is 10.7. The summed E-state index contributed by atoms with van der Waals surface area (Å²) in [5.74, 6) is -1.26. The van der Waals surface area contributed by atoms with Gasteiger partial charge in [-0.05, 0) is 36.8 Å². The first kappa shape index (κ1) is 20.9. The molecule has 2 aromatic heterocycles. The third kappa shape index (κ3) is 4.63. The van der Waals surface area contributed by atoms with Gasteiger partial charge in [0.1, 0.15) is 0 Å². The molecule has 3 rings (SSSR count). The highest BCUT2D eigenvalue weighted by Crippen LogP contribution is 2.27. The minimum absolute atomic E-state index is 0.166. The Kier molecular flexibility index (Phi) is 6.60. The number of nitrogens with one attached hydrogen (secondary N) is 1. The number of hydrogen-bond acceptors (Lipinski definition) is 7. The molecule has 0 atom stereocenters. The minimum atomic E-state index is -0.662. The van der Waals surface area contributed by atoms with E-state index in [0.717, 1.165) is 4.90 Å². The zero-order valence-electron chi connectivity index (χ0n) is 16.1. The standard InChI is InChI=1S/C20H19N3O4S2/c1-12(24)21-14-10-13(7-8-17(14)28-2)16(25)11-27-19(26)18-15-6-4-5-9-23(15)20(22-18)29-3/h4-10H,11H2,1-3H3,(H,21,24). The fraction of sp³-hybridized carbons (Fsp3) is 0.200. The van der Waals surface area contributed by atoms with Crippen molar-refractivity contribution in [3.63, 3.8) is 0 Å². The lowest BCUT2D eigenvalue weighted by Crippen LogP contribution is -2.15. The molecule has 0 aliphatic carbocycles. The van der Waals surface area contributed by atoms with E-state index in [2.05, 4.69) is 10.3 Å².